The molecule has 3 rings (SSSR count). The van der Waals surface area contributed by atoms with Crippen LogP contribution >= 0.6 is 7.82 Å². The van der Waals surface area contributed by atoms with Gasteiger partial charge in [0.15, 0.2) is 0 Å². The van der Waals surface area contributed by atoms with Gasteiger partial charge in [0.2, 0.25) is 0 Å². The number of hydrogen-bond acceptors (Lipinski definition) is 2. The van der Waals surface area contributed by atoms with E-state index in [1.807, 2.05) is 6.07 Å². The SMILES string of the molecule is CCCCCCCCCCCCc1c(OP(=O)(O)O)ccc(-c2ccccc2CCCCCCCCC)c1-c1ccccc1CCCCCCCCC. The van der Waals surface area contributed by atoms with Crippen molar-refractivity contribution >= 4 is 7.82 Å². The summed E-state index contributed by atoms with van der Waals surface area (Å²) in [6.45, 7) is 6.80. The summed E-state index contributed by atoms with van der Waals surface area (Å²) < 4.78 is 17.9. The molecular formula is C48H75O4P. The average molecular weight is 747 g/mol. The Morgan fingerprint density at radius 3 is 1.26 bits per heavy atom. The quantitative estimate of drug-likeness (QED) is 0.0508. The second-order valence-electron chi connectivity index (χ2n) is 15.5. The Morgan fingerprint density at radius 1 is 0.434 bits per heavy atom. The van der Waals surface area contributed by atoms with E-state index in [2.05, 4.69) is 75.4 Å². The Bertz CT molecular complexity index is 1440. The summed E-state index contributed by atoms with van der Waals surface area (Å²) >= 11 is 0. The van der Waals surface area contributed by atoms with Crippen LogP contribution in [0.3, 0.4) is 0 Å². The van der Waals surface area contributed by atoms with E-state index in [1.54, 1.807) is 0 Å². The molecule has 0 bridgehead atoms. The van der Waals surface area contributed by atoms with Crippen molar-refractivity contribution in [2.24, 2.45) is 0 Å². The zero-order valence-corrected chi connectivity index (χ0v) is 34.9. The lowest BCUT2D eigenvalue weighted by molar-refractivity contribution is 0.282. The first-order valence-electron chi connectivity index (χ1n) is 22.0. The van der Waals surface area contributed by atoms with Gasteiger partial charge in [-0.05, 0) is 78.0 Å². The van der Waals surface area contributed by atoms with Crippen molar-refractivity contribution in [2.75, 3.05) is 0 Å². The van der Waals surface area contributed by atoms with Crippen molar-refractivity contribution in [3.05, 3.63) is 77.4 Å². The van der Waals surface area contributed by atoms with Gasteiger partial charge in [-0.25, -0.2) is 4.57 Å². The van der Waals surface area contributed by atoms with Crippen LogP contribution in [0.2, 0.25) is 0 Å². The molecule has 0 unspecified atom stereocenters. The van der Waals surface area contributed by atoms with Crippen molar-refractivity contribution in [1.29, 1.82) is 0 Å². The molecule has 0 aliphatic carbocycles. The third kappa shape index (κ3) is 17.7. The summed E-state index contributed by atoms with van der Waals surface area (Å²) in [6, 6.07) is 21.5. The molecule has 0 amide bonds. The molecule has 0 heterocycles. The van der Waals surface area contributed by atoms with Gasteiger partial charge in [0.1, 0.15) is 5.75 Å². The number of hydrogen-bond donors (Lipinski definition) is 2. The Kier molecular flexibility index (Phi) is 23.1. The van der Waals surface area contributed by atoms with E-state index < -0.39 is 7.82 Å². The maximum absolute atomic E-state index is 12.4. The zero-order chi connectivity index (χ0) is 38.0. The first-order chi connectivity index (χ1) is 25.9. The van der Waals surface area contributed by atoms with Crippen molar-refractivity contribution < 1.29 is 18.9 Å². The summed E-state index contributed by atoms with van der Waals surface area (Å²) in [5.74, 6) is 0.322. The van der Waals surface area contributed by atoms with E-state index in [0.29, 0.717) is 5.75 Å². The smallest absolute Gasteiger partial charge is 0.404 e. The summed E-state index contributed by atoms with van der Waals surface area (Å²) in [7, 11) is -4.76. The molecule has 0 atom stereocenters. The van der Waals surface area contributed by atoms with Crippen molar-refractivity contribution in [2.45, 2.75) is 194 Å². The highest BCUT2D eigenvalue weighted by molar-refractivity contribution is 7.46. The van der Waals surface area contributed by atoms with E-state index in [0.717, 1.165) is 61.6 Å². The topological polar surface area (TPSA) is 66.8 Å². The highest BCUT2D eigenvalue weighted by Gasteiger charge is 2.25. The van der Waals surface area contributed by atoms with Gasteiger partial charge in [0.25, 0.3) is 0 Å². The zero-order valence-electron chi connectivity index (χ0n) is 34.0. The first kappa shape index (κ1) is 45.0. The molecule has 296 valence electrons. The number of unbranched alkanes of at least 4 members (excludes halogenated alkanes) is 21. The monoisotopic (exact) mass is 747 g/mol. The van der Waals surface area contributed by atoms with Crippen molar-refractivity contribution in [1.82, 2.24) is 0 Å². The van der Waals surface area contributed by atoms with E-state index in [9.17, 15) is 14.4 Å². The van der Waals surface area contributed by atoms with E-state index in [-0.39, 0.29) is 0 Å². The molecule has 0 saturated heterocycles. The van der Waals surface area contributed by atoms with Crippen LogP contribution in [0.25, 0.3) is 22.3 Å². The third-order valence-electron chi connectivity index (χ3n) is 11.0. The van der Waals surface area contributed by atoms with Crippen LogP contribution in [0.4, 0.5) is 0 Å². The predicted octanol–water partition coefficient (Wildman–Crippen LogP) is 15.5. The molecule has 53 heavy (non-hydrogen) atoms. The molecule has 0 aliphatic heterocycles. The fourth-order valence-corrected chi connectivity index (χ4v) is 8.37. The summed E-state index contributed by atoms with van der Waals surface area (Å²) in [6.07, 6.45) is 33.0. The van der Waals surface area contributed by atoms with E-state index in [1.165, 1.54) is 151 Å². The summed E-state index contributed by atoms with van der Waals surface area (Å²) in [5.41, 5.74) is 8.24. The van der Waals surface area contributed by atoms with Gasteiger partial charge in [-0.15, -0.1) is 0 Å². The number of phosphoric ester groups is 1. The van der Waals surface area contributed by atoms with Gasteiger partial charge in [0.05, 0.1) is 0 Å². The van der Waals surface area contributed by atoms with Crippen LogP contribution in [-0.4, -0.2) is 9.79 Å². The molecule has 2 N–H and O–H groups in total. The highest BCUT2D eigenvalue weighted by Crippen LogP contribution is 2.47. The van der Waals surface area contributed by atoms with Gasteiger partial charge < -0.3 is 4.52 Å². The molecule has 0 aromatic heterocycles. The third-order valence-corrected chi connectivity index (χ3v) is 11.4. The molecule has 4 nitrogen and oxygen atoms in total. The Morgan fingerprint density at radius 2 is 0.811 bits per heavy atom. The van der Waals surface area contributed by atoms with Crippen LogP contribution in [0.15, 0.2) is 60.7 Å². The molecule has 0 fully saturated rings. The normalized spacial score (nSPS) is 11.7. The minimum atomic E-state index is -4.76. The molecular weight excluding hydrogens is 671 g/mol. The second-order valence-corrected chi connectivity index (χ2v) is 16.7. The maximum Gasteiger partial charge on any atom is 0.524 e. The van der Waals surface area contributed by atoms with Crippen LogP contribution < -0.4 is 4.52 Å². The molecule has 3 aromatic rings. The molecule has 0 saturated carbocycles. The van der Waals surface area contributed by atoms with E-state index >= 15 is 0 Å². The number of phosphoric acid groups is 1. The summed E-state index contributed by atoms with van der Waals surface area (Å²) in [4.78, 5) is 20.2. The summed E-state index contributed by atoms with van der Waals surface area (Å²) in [5, 5.41) is 0. The minimum Gasteiger partial charge on any atom is -0.404 e. The van der Waals surface area contributed by atoms with Crippen LogP contribution in [0.5, 0.6) is 5.75 Å². The molecule has 0 spiro atoms. The molecule has 0 radical (unpaired) electrons. The highest BCUT2D eigenvalue weighted by atomic mass is 31.2. The second kappa shape index (κ2) is 27.2. The van der Waals surface area contributed by atoms with Crippen LogP contribution in [0.1, 0.15) is 192 Å². The predicted molar refractivity (Wildman–Crippen MR) is 229 cm³/mol. The average Bonchev–Trinajstić information content (AvgIpc) is 3.15. The Hall–Kier alpha value is -2.39. The van der Waals surface area contributed by atoms with Crippen molar-refractivity contribution in [3.8, 4) is 28.0 Å². The standard InChI is InChI=1S/C48H75O4P/c1-4-7-10-13-16-17-18-21-24-27-38-46-47(52-53(49,50)51)40-39-45(43-36-30-28-34-41(43)32-25-22-19-14-11-8-5-2)48(46)44-37-31-29-35-42(44)33-26-23-20-15-12-9-6-3/h28-31,34-37,39-40H,4-27,32-33,38H2,1-3H3,(H2,49,50,51). The Labute approximate surface area is 325 Å². The van der Waals surface area contributed by atoms with E-state index in [4.69, 9.17) is 4.52 Å². The molecule has 0 aliphatic rings. The minimum absolute atomic E-state index is 0.322. The lowest BCUT2D eigenvalue weighted by Crippen LogP contribution is -2.03. The van der Waals surface area contributed by atoms with Gasteiger partial charge >= 0.3 is 7.82 Å². The fraction of sp³-hybridized carbons (Fsp3) is 0.625. The number of rotatable bonds is 31. The number of benzene rings is 3. The lowest BCUT2D eigenvalue weighted by atomic mass is 9.83. The van der Waals surface area contributed by atoms with Gasteiger partial charge in [0, 0.05) is 5.56 Å². The lowest BCUT2D eigenvalue weighted by Gasteiger charge is -2.23. The molecule has 3 aromatic carbocycles. The maximum atomic E-state index is 12.4. The van der Waals surface area contributed by atoms with Crippen LogP contribution in [-0.2, 0) is 23.8 Å². The fourth-order valence-electron chi connectivity index (χ4n) is 7.94. The number of aryl methyl sites for hydroxylation is 2. The van der Waals surface area contributed by atoms with Crippen molar-refractivity contribution in [3.63, 3.8) is 0 Å². The largest absolute Gasteiger partial charge is 0.524 e. The van der Waals surface area contributed by atoms with Gasteiger partial charge in [-0.1, -0.05) is 210 Å². The first-order valence-corrected chi connectivity index (χ1v) is 23.5. The van der Waals surface area contributed by atoms with Gasteiger partial charge in [-0.2, -0.15) is 0 Å². The molecule has 5 heteroatoms. The van der Waals surface area contributed by atoms with Crippen LogP contribution in [0, 0.1) is 0 Å². The van der Waals surface area contributed by atoms with Gasteiger partial charge in [-0.3, -0.25) is 9.79 Å². The Balaban J connectivity index is 1.96.